The standard InChI is InChI=1S/C28H14N8O10S2/c37-25-15-7-1-3-11-19(15)29-31-33(25)45-27(39)17-9-5-13-21(23(17)35(41)42)47-48-22-14-6-10-18(24(22)36(43)44)28(40)46-34-26(38)16-8-2-4-12-20(16)30-32-34/h1-14H. The lowest BCUT2D eigenvalue weighted by molar-refractivity contribution is -0.388. The maximum atomic E-state index is 13.0. The highest BCUT2D eigenvalue weighted by molar-refractivity contribution is 8.76. The molecule has 6 rings (SSSR count). The number of hydrogen-bond donors (Lipinski definition) is 0. The van der Waals surface area contributed by atoms with Crippen LogP contribution in [0.4, 0.5) is 11.4 Å². The number of para-hydroxylation sites is 2. The van der Waals surface area contributed by atoms with E-state index in [1.807, 2.05) is 0 Å². The van der Waals surface area contributed by atoms with E-state index in [0.29, 0.717) is 31.3 Å². The van der Waals surface area contributed by atoms with Gasteiger partial charge in [-0.25, -0.2) is 9.59 Å². The minimum Gasteiger partial charge on any atom is -0.308 e. The molecule has 238 valence electrons. The molecule has 20 heteroatoms. The van der Waals surface area contributed by atoms with Gasteiger partial charge in [-0.05, 0) is 90.2 Å². The molecule has 0 radical (unpaired) electrons. The van der Waals surface area contributed by atoms with Gasteiger partial charge in [0, 0.05) is 0 Å². The van der Waals surface area contributed by atoms with Crippen LogP contribution in [0, 0.1) is 20.2 Å². The average molecular weight is 687 g/mol. The van der Waals surface area contributed by atoms with Crippen LogP contribution in [0.5, 0.6) is 0 Å². The Balaban J connectivity index is 1.27. The number of carbonyl (C=O) groups excluding carboxylic acids is 2. The summed E-state index contributed by atoms with van der Waals surface area (Å²) < 4.78 is 0. The van der Waals surface area contributed by atoms with Crippen molar-refractivity contribution >= 4 is 66.7 Å². The molecule has 4 aromatic carbocycles. The lowest BCUT2D eigenvalue weighted by atomic mass is 10.2. The maximum absolute atomic E-state index is 13.0. The molecule has 0 atom stereocenters. The number of hydrogen-bond acceptors (Lipinski definition) is 16. The van der Waals surface area contributed by atoms with Crippen molar-refractivity contribution in [3.05, 3.63) is 137 Å². The summed E-state index contributed by atoms with van der Waals surface area (Å²) in [5.41, 5.74) is -3.76. The predicted octanol–water partition coefficient (Wildman–Crippen LogP) is 3.05. The number of nitrogens with zero attached hydrogens (tertiary/aromatic N) is 8. The third kappa shape index (κ3) is 6.02. The van der Waals surface area contributed by atoms with Crippen LogP contribution >= 0.6 is 21.6 Å². The van der Waals surface area contributed by atoms with Crippen LogP contribution in [-0.2, 0) is 0 Å². The van der Waals surface area contributed by atoms with Crippen molar-refractivity contribution in [2.75, 3.05) is 0 Å². The summed E-state index contributed by atoms with van der Waals surface area (Å²) in [7, 11) is 1.34. The number of benzene rings is 4. The van der Waals surface area contributed by atoms with Crippen LogP contribution in [-0.4, -0.2) is 52.1 Å². The number of fused-ring (bicyclic) bond motifs is 2. The third-order valence-electron chi connectivity index (χ3n) is 6.45. The van der Waals surface area contributed by atoms with E-state index in [9.17, 15) is 39.4 Å². The van der Waals surface area contributed by atoms with Crippen molar-refractivity contribution < 1.29 is 29.1 Å². The number of aromatic nitrogens is 6. The van der Waals surface area contributed by atoms with Gasteiger partial charge >= 0.3 is 23.1 Å². The van der Waals surface area contributed by atoms with E-state index in [-0.39, 0.29) is 31.6 Å². The molecule has 0 saturated heterocycles. The number of nitro benzene ring substituents is 2. The maximum Gasteiger partial charge on any atom is 0.372 e. The van der Waals surface area contributed by atoms with Gasteiger partial charge in [-0.2, -0.15) is 0 Å². The smallest absolute Gasteiger partial charge is 0.308 e. The van der Waals surface area contributed by atoms with Crippen LogP contribution in [0.1, 0.15) is 20.7 Å². The zero-order valence-electron chi connectivity index (χ0n) is 23.6. The van der Waals surface area contributed by atoms with Crippen molar-refractivity contribution in [1.29, 1.82) is 0 Å². The first-order valence-corrected chi connectivity index (χ1v) is 15.3. The molecule has 0 aliphatic heterocycles. The molecule has 0 aliphatic rings. The fraction of sp³-hybridized carbons (Fsp3) is 0. The van der Waals surface area contributed by atoms with Crippen LogP contribution in [0.15, 0.2) is 104 Å². The Morgan fingerprint density at radius 1 is 0.604 bits per heavy atom. The van der Waals surface area contributed by atoms with Crippen molar-refractivity contribution in [1.82, 2.24) is 30.3 Å². The van der Waals surface area contributed by atoms with E-state index in [1.54, 1.807) is 24.3 Å². The Morgan fingerprint density at radius 2 is 1.00 bits per heavy atom. The number of rotatable bonds is 9. The van der Waals surface area contributed by atoms with Gasteiger partial charge in [0.25, 0.3) is 11.4 Å². The van der Waals surface area contributed by atoms with Crippen molar-refractivity contribution in [2.24, 2.45) is 0 Å². The van der Waals surface area contributed by atoms with E-state index in [1.165, 1.54) is 48.5 Å². The second kappa shape index (κ2) is 13.1. The minimum absolute atomic E-state index is 0.0838. The Labute approximate surface area is 272 Å². The Morgan fingerprint density at radius 3 is 1.40 bits per heavy atom. The number of carbonyl (C=O) groups is 2. The molecule has 0 aliphatic carbocycles. The van der Waals surface area contributed by atoms with Gasteiger partial charge in [0.2, 0.25) is 0 Å². The van der Waals surface area contributed by atoms with Gasteiger partial charge in [0.15, 0.2) is 0 Å². The van der Waals surface area contributed by atoms with Gasteiger partial charge in [0.05, 0.1) is 30.4 Å². The summed E-state index contributed by atoms with van der Waals surface area (Å²) in [6.45, 7) is 0. The SMILES string of the molecule is O=C(On1nnc2ccccc2c1=O)c1cccc(SSc2cccc(C(=O)On3nnc4ccccc4c3=O)c2[N+](=O)[O-])c1[N+](=O)[O-]. The highest BCUT2D eigenvalue weighted by Crippen LogP contribution is 2.46. The van der Waals surface area contributed by atoms with Gasteiger partial charge in [-0.1, -0.05) is 36.4 Å². The summed E-state index contributed by atoms with van der Waals surface area (Å²) in [5.74, 6) is -2.60. The monoisotopic (exact) mass is 686 g/mol. The Hall–Kier alpha value is -6.54. The second-order valence-electron chi connectivity index (χ2n) is 9.31. The fourth-order valence-electron chi connectivity index (χ4n) is 4.30. The van der Waals surface area contributed by atoms with Crippen molar-refractivity contribution in [3.63, 3.8) is 0 Å². The molecule has 0 N–H and O–H groups in total. The number of nitro groups is 2. The topological polar surface area (TPSA) is 234 Å². The third-order valence-corrected chi connectivity index (χ3v) is 8.88. The summed E-state index contributed by atoms with van der Waals surface area (Å²) >= 11 is 0. The van der Waals surface area contributed by atoms with Gasteiger partial charge in [-0.3, -0.25) is 29.8 Å². The largest absolute Gasteiger partial charge is 0.372 e. The molecule has 0 saturated carbocycles. The van der Waals surface area contributed by atoms with Crippen molar-refractivity contribution in [3.8, 4) is 0 Å². The van der Waals surface area contributed by atoms with Gasteiger partial charge in [-0.15, -0.1) is 10.2 Å². The molecule has 0 fully saturated rings. The molecule has 0 spiro atoms. The first-order valence-electron chi connectivity index (χ1n) is 13.2. The van der Waals surface area contributed by atoms with Crippen LogP contribution in [0.2, 0.25) is 0 Å². The first-order chi connectivity index (χ1) is 23.1. The second-order valence-corrected chi connectivity index (χ2v) is 11.5. The zero-order valence-corrected chi connectivity index (χ0v) is 25.2. The minimum atomic E-state index is -1.30. The van der Waals surface area contributed by atoms with E-state index in [2.05, 4.69) is 20.6 Å². The highest BCUT2D eigenvalue weighted by atomic mass is 33.1. The van der Waals surface area contributed by atoms with Crippen LogP contribution in [0.3, 0.4) is 0 Å². The van der Waals surface area contributed by atoms with E-state index in [4.69, 9.17) is 9.68 Å². The molecule has 2 aromatic heterocycles. The molecule has 48 heavy (non-hydrogen) atoms. The van der Waals surface area contributed by atoms with Gasteiger partial charge < -0.3 is 9.68 Å². The van der Waals surface area contributed by atoms with Gasteiger partial charge in [0.1, 0.15) is 22.2 Å². The molecule has 0 bridgehead atoms. The van der Waals surface area contributed by atoms with Crippen molar-refractivity contribution in [2.45, 2.75) is 9.79 Å². The van der Waals surface area contributed by atoms with E-state index >= 15 is 0 Å². The molecule has 0 unspecified atom stereocenters. The lowest BCUT2D eigenvalue weighted by Crippen LogP contribution is -2.34. The fourth-order valence-corrected chi connectivity index (χ4v) is 6.62. The predicted molar refractivity (Wildman–Crippen MR) is 167 cm³/mol. The molecular formula is C28H14N8O10S2. The summed E-state index contributed by atoms with van der Waals surface area (Å²) in [6.07, 6.45) is 0. The highest BCUT2D eigenvalue weighted by Gasteiger charge is 2.31. The molecule has 18 nitrogen and oxygen atoms in total. The van der Waals surface area contributed by atoms with Crippen LogP contribution in [0.25, 0.3) is 21.8 Å². The lowest BCUT2D eigenvalue weighted by Gasteiger charge is -2.09. The summed E-state index contributed by atoms with van der Waals surface area (Å²) in [4.78, 5) is 84.4. The molecule has 6 aromatic rings. The Bertz CT molecular complexity index is 2270. The Kier molecular flexibility index (Phi) is 8.55. The zero-order chi connectivity index (χ0) is 33.9. The average Bonchev–Trinajstić information content (AvgIpc) is 3.09. The van der Waals surface area contributed by atoms with Crippen LogP contribution < -0.4 is 20.8 Å². The summed E-state index contributed by atoms with van der Waals surface area (Å²) in [6, 6.07) is 19.6. The van der Waals surface area contributed by atoms with E-state index < -0.39 is 55.4 Å². The molecular weight excluding hydrogens is 672 g/mol. The molecule has 2 heterocycles. The van der Waals surface area contributed by atoms with E-state index in [0.717, 1.165) is 12.1 Å². The summed E-state index contributed by atoms with van der Waals surface area (Å²) in [5, 5.41) is 39.1. The molecule has 0 amide bonds. The first kappa shape index (κ1) is 31.4. The normalized spacial score (nSPS) is 10.9. The quantitative estimate of drug-likeness (QED) is 0.0919.